The predicted molar refractivity (Wildman–Crippen MR) is 155 cm³/mol. The second kappa shape index (κ2) is 12.6. The minimum atomic E-state index is -0.512. The zero-order valence-electron chi connectivity index (χ0n) is 23.1. The van der Waals surface area contributed by atoms with Crippen LogP contribution in [0.5, 0.6) is 0 Å². The molecule has 0 saturated carbocycles. The number of ether oxygens (including phenoxy) is 1. The SMILES string of the molecule is CC(C)(C)CCC(=O)CSc1ccc(CNc2c(Cl)ccc3c2CCN(C(=O)OC(C)(C)C)CC3)cc1. The van der Waals surface area contributed by atoms with Gasteiger partial charge in [-0.15, -0.1) is 11.8 Å². The summed E-state index contributed by atoms with van der Waals surface area (Å²) in [4.78, 5) is 27.7. The Morgan fingerprint density at radius 2 is 1.68 bits per heavy atom. The number of thioether (sulfide) groups is 1. The number of nitrogens with zero attached hydrogens (tertiary/aromatic N) is 1. The highest BCUT2D eigenvalue weighted by molar-refractivity contribution is 8.00. The van der Waals surface area contributed by atoms with Crippen molar-refractivity contribution in [3.8, 4) is 0 Å². The molecule has 2 aromatic carbocycles. The zero-order chi connectivity index (χ0) is 27.2. The number of hydrogen-bond donors (Lipinski definition) is 1. The van der Waals surface area contributed by atoms with Gasteiger partial charge in [0.15, 0.2) is 0 Å². The van der Waals surface area contributed by atoms with E-state index in [-0.39, 0.29) is 11.5 Å². The predicted octanol–water partition coefficient (Wildman–Crippen LogP) is 7.78. The first-order chi connectivity index (χ1) is 17.3. The summed E-state index contributed by atoms with van der Waals surface area (Å²) in [6.45, 7) is 14.0. The van der Waals surface area contributed by atoms with Crippen molar-refractivity contribution in [2.45, 2.75) is 84.3 Å². The average molecular weight is 545 g/mol. The summed E-state index contributed by atoms with van der Waals surface area (Å²) in [5.41, 5.74) is 4.13. The Kier molecular flexibility index (Phi) is 9.99. The number of carbonyl (C=O) groups is 2. The van der Waals surface area contributed by atoms with Crippen LogP contribution in [0.3, 0.4) is 0 Å². The largest absolute Gasteiger partial charge is 0.444 e. The maximum Gasteiger partial charge on any atom is 0.410 e. The zero-order valence-corrected chi connectivity index (χ0v) is 24.7. The smallest absolute Gasteiger partial charge is 0.410 e. The molecule has 0 saturated heterocycles. The lowest BCUT2D eigenvalue weighted by Crippen LogP contribution is -2.38. The number of hydrogen-bond acceptors (Lipinski definition) is 5. The second-order valence-corrected chi connectivity index (χ2v) is 13.4. The van der Waals surface area contributed by atoms with Crippen LogP contribution in [0.25, 0.3) is 0 Å². The van der Waals surface area contributed by atoms with Gasteiger partial charge in [0.1, 0.15) is 11.4 Å². The molecular formula is C30H41ClN2O3S. The molecule has 37 heavy (non-hydrogen) atoms. The number of rotatable bonds is 8. The number of ketones is 1. The van der Waals surface area contributed by atoms with E-state index in [1.165, 1.54) is 11.1 Å². The van der Waals surface area contributed by atoms with Gasteiger partial charge >= 0.3 is 6.09 Å². The van der Waals surface area contributed by atoms with Crippen LogP contribution in [0, 0.1) is 5.41 Å². The normalized spacial score (nSPS) is 14.1. The molecule has 1 N–H and O–H groups in total. The van der Waals surface area contributed by atoms with Gasteiger partial charge in [-0.05, 0) is 80.3 Å². The van der Waals surface area contributed by atoms with Gasteiger partial charge in [0.25, 0.3) is 0 Å². The Morgan fingerprint density at radius 1 is 1.00 bits per heavy atom. The molecule has 0 fully saturated rings. The van der Waals surface area contributed by atoms with Crippen LogP contribution in [0.4, 0.5) is 10.5 Å². The quantitative estimate of drug-likeness (QED) is 0.344. The molecule has 7 heteroatoms. The van der Waals surface area contributed by atoms with Crippen LogP contribution < -0.4 is 5.32 Å². The molecule has 0 aromatic heterocycles. The molecule has 3 rings (SSSR count). The van der Waals surface area contributed by atoms with Crippen molar-refractivity contribution in [1.82, 2.24) is 4.90 Å². The average Bonchev–Trinajstić information content (AvgIpc) is 3.03. The third kappa shape index (κ3) is 9.57. The topological polar surface area (TPSA) is 58.6 Å². The summed E-state index contributed by atoms with van der Waals surface area (Å²) in [7, 11) is 0. The number of anilines is 1. The molecule has 0 unspecified atom stereocenters. The number of Topliss-reactive ketones (excluding diaryl/α,β-unsaturated/α-hetero) is 1. The van der Waals surface area contributed by atoms with Crippen molar-refractivity contribution >= 4 is 40.9 Å². The fraction of sp³-hybridized carbons (Fsp3) is 0.533. The summed E-state index contributed by atoms with van der Waals surface area (Å²) in [6.07, 6.45) is 2.77. The Bertz CT molecular complexity index is 1090. The van der Waals surface area contributed by atoms with E-state index in [2.05, 4.69) is 56.4 Å². The molecular weight excluding hydrogens is 504 g/mol. The standard InChI is InChI=1S/C30H41ClN2O3S/c1-29(2,3)16-13-23(34)20-37-24-10-7-21(8-11-24)19-32-27-25-15-18-33(28(35)36-30(4,5)6)17-14-22(25)9-12-26(27)31/h7-12,32H,13-20H2,1-6H3. The van der Waals surface area contributed by atoms with Crippen LogP contribution >= 0.6 is 23.4 Å². The number of nitrogens with one attached hydrogen (secondary N) is 1. The minimum Gasteiger partial charge on any atom is -0.444 e. The van der Waals surface area contributed by atoms with Gasteiger partial charge in [0, 0.05) is 31.0 Å². The van der Waals surface area contributed by atoms with E-state index in [1.54, 1.807) is 16.7 Å². The van der Waals surface area contributed by atoms with Crippen LogP contribution in [0.1, 0.15) is 71.1 Å². The maximum atomic E-state index is 12.6. The molecule has 1 heterocycles. The first kappa shape index (κ1) is 29.4. The second-order valence-electron chi connectivity index (χ2n) is 11.9. The van der Waals surface area contributed by atoms with E-state index in [0.29, 0.717) is 42.6 Å². The molecule has 202 valence electrons. The summed E-state index contributed by atoms with van der Waals surface area (Å²) in [6, 6.07) is 12.3. The molecule has 0 spiro atoms. The van der Waals surface area contributed by atoms with Gasteiger partial charge < -0.3 is 15.0 Å². The fourth-order valence-corrected chi connectivity index (χ4v) is 5.19. The lowest BCUT2D eigenvalue weighted by Gasteiger charge is -2.26. The van der Waals surface area contributed by atoms with E-state index >= 15 is 0 Å². The van der Waals surface area contributed by atoms with E-state index in [0.717, 1.165) is 35.4 Å². The van der Waals surface area contributed by atoms with Crippen molar-refractivity contribution in [1.29, 1.82) is 0 Å². The molecule has 1 amide bonds. The number of amides is 1. The fourth-order valence-electron chi connectivity index (χ4n) is 4.14. The molecule has 5 nitrogen and oxygen atoms in total. The molecule has 0 radical (unpaired) electrons. The highest BCUT2D eigenvalue weighted by atomic mass is 35.5. The van der Waals surface area contributed by atoms with Crippen molar-refractivity contribution in [3.63, 3.8) is 0 Å². The minimum absolute atomic E-state index is 0.187. The van der Waals surface area contributed by atoms with Crippen molar-refractivity contribution in [2.24, 2.45) is 5.41 Å². The van der Waals surface area contributed by atoms with Gasteiger partial charge in [0.2, 0.25) is 0 Å². The number of carbonyl (C=O) groups excluding carboxylic acids is 2. The van der Waals surface area contributed by atoms with Crippen molar-refractivity contribution < 1.29 is 14.3 Å². The van der Waals surface area contributed by atoms with E-state index < -0.39 is 5.60 Å². The summed E-state index contributed by atoms with van der Waals surface area (Å²) in [5, 5.41) is 4.23. The summed E-state index contributed by atoms with van der Waals surface area (Å²) in [5.74, 6) is 0.815. The first-order valence-corrected chi connectivity index (χ1v) is 14.4. The van der Waals surface area contributed by atoms with E-state index in [9.17, 15) is 9.59 Å². The maximum absolute atomic E-state index is 12.6. The summed E-state index contributed by atoms with van der Waals surface area (Å²) < 4.78 is 5.58. The Balaban J connectivity index is 1.57. The van der Waals surface area contributed by atoms with Gasteiger partial charge in [0.05, 0.1) is 16.5 Å². The number of fused-ring (bicyclic) bond motifs is 1. The molecule has 0 atom stereocenters. The van der Waals surface area contributed by atoms with E-state index in [4.69, 9.17) is 16.3 Å². The molecule has 2 aromatic rings. The van der Waals surface area contributed by atoms with Crippen LogP contribution in [-0.4, -0.2) is 41.2 Å². The van der Waals surface area contributed by atoms with Crippen LogP contribution in [-0.2, 0) is 28.9 Å². The Hall–Kier alpha value is -2.18. The Morgan fingerprint density at radius 3 is 2.32 bits per heavy atom. The summed E-state index contributed by atoms with van der Waals surface area (Å²) >= 11 is 8.21. The third-order valence-electron chi connectivity index (χ3n) is 6.24. The van der Waals surface area contributed by atoms with Crippen molar-refractivity contribution in [3.05, 3.63) is 58.1 Å². The van der Waals surface area contributed by atoms with Crippen LogP contribution in [0.2, 0.25) is 5.02 Å². The van der Waals surface area contributed by atoms with Gasteiger partial charge in [-0.1, -0.05) is 50.6 Å². The highest BCUT2D eigenvalue weighted by Gasteiger charge is 2.25. The van der Waals surface area contributed by atoms with Crippen molar-refractivity contribution in [2.75, 3.05) is 24.2 Å². The number of halogens is 1. The molecule has 1 aliphatic heterocycles. The first-order valence-electron chi connectivity index (χ1n) is 13.1. The molecule has 1 aliphatic rings. The lowest BCUT2D eigenvalue weighted by atomic mass is 9.90. The van der Waals surface area contributed by atoms with Gasteiger partial charge in [-0.3, -0.25) is 4.79 Å². The molecule has 0 bridgehead atoms. The Labute approximate surface area is 231 Å². The van der Waals surface area contributed by atoms with Gasteiger partial charge in [-0.2, -0.15) is 0 Å². The van der Waals surface area contributed by atoms with Crippen LogP contribution in [0.15, 0.2) is 41.3 Å². The highest BCUT2D eigenvalue weighted by Crippen LogP contribution is 2.32. The monoisotopic (exact) mass is 544 g/mol. The van der Waals surface area contributed by atoms with E-state index in [1.807, 2.05) is 26.8 Å². The lowest BCUT2D eigenvalue weighted by molar-refractivity contribution is -0.117. The third-order valence-corrected chi connectivity index (χ3v) is 7.63. The molecule has 0 aliphatic carbocycles. The van der Waals surface area contributed by atoms with Gasteiger partial charge in [-0.25, -0.2) is 4.79 Å². The number of benzene rings is 2.